The molecule has 1 aromatic rings. The van der Waals surface area contributed by atoms with Crippen molar-refractivity contribution in [3.8, 4) is 6.07 Å². The quantitative estimate of drug-likeness (QED) is 0.659. The molecule has 13 heavy (non-hydrogen) atoms. The Morgan fingerprint density at radius 1 is 1.54 bits per heavy atom. The molecule has 3 nitrogen and oxygen atoms in total. The summed E-state index contributed by atoms with van der Waals surface area (Å²) in [7, 11) is 1.67. The number of aliphatic hydroxyl groups is 1. The molecular formula is C10H12N2O. The van der Waals surface area contributed by atoms with E-state index in [1.807, 2.05) is 6.07 Å². The molecule has 0 aromatic heterocycles. The van der Waals surface area contributed by atoms with Crippen molar-refractivity contribution < 1.29 is 5.11 Å². The summed E-state index contributed by atoms with van der Waals surface area (Å²) in [6, 6.07) is 8.92. The van der Waals surface area contributed by atoms with Crippen molar-refractivity contribution >= 4 is 0 Å². The lowest BCUT2D eigenvalue weighted by molar-refractivity contribution is 0.0282. The zero-order chi connectivity index (χ0) is 9.90. The molecule has 0 aliphatic rings. The molecule has 3 heteroatoms. The maximum atomic E-state index is 9.79. The van der Waals surface area contributed by atoms with Gasteiger partial charge in [-0.3, -0.25) is 5.32 Å². The van der Waals surface area contributed by atoms with Crippen molar-refractivity contribution in [1.82, 2.24) is 5.32 Å². The van der Waals surface area contributed by atoms with Gasteiger partial charge in [-0.15, -0.1) is 0 Å². The van der Waals surface area contributed by atoms with Crippen LogP contribution in [0.3, 0.4) is 0 Å². The highest BCUT2D eigenvalue weighted by Gasteiger charge is 2.19. The maximum absolute atomic E-state index is 9.79. The van der Waals surface area contributed by atoms with Crippen LogP contribution in [0.15, 0.2) is 24.3 Å². The fourth-order valence-corrected chi connectivity index (χ4v) is 1.04. The minimum atomic E-state index is -1.08. The van der Waals surface area contributed by atoms with Crippen LogP contribution in [0.2, 0.25) is 0 Å². The third-order valence-corrected chi connectivity index (χ3v) is 2.04. The Balaban J connectivity index is 3.10. The molecule has 0 radical (unpaired) electrons. The van der Waals surface area contributed by atoms with Crippen molar-refractivity contribution in [3.05, 3.63) is 35.4 Å². The Kier molecular flexibility index (Phi) is 2.66. The number of hydrogen-bond donors (Lipinski definition) is 2. The average molecular weight is 176 g/mol. The molecule has 0 bridgehead atoms. The molecule has 0 aliphatic heterocycles. The van der Waals surface area contributed by atoms with E-state index in [0.717, 1.165) is 0 Å². The lowest BCUT2D eigenvalue weighted by Crippen LogP contribution is -2.36. The molecule has 1 unspecified atom stereocenters. The van der Waals surface area contributed by atoms with Crippen LogP contribution in [0, 0.1) is 11.3 Å². The molecule has 2 N–H and O–H groups in total. The Labute approximate surface area is 77.6 Å². The average Bonchev–Trinajstić information content (AvgIpc) is 2.18. The molecule has 1 aromatic carbocycles. The summed E-state index contributed by atoms with van der Waals surface area (Å²) in [5, 5.41) is 21.2. The van der Waals surface area contributed by atoms with Crippen LogP contribution in [0.5, 0.6) is 0 Å². The highest BCUT2D eigenvalue weighted by atomic mass is 16.3. The van der Waals surface area contributed by atoms with Gasteiger partial charge in [0.1, 0.15) is 5.72 Å². The SMILES string of the molecule is CNC(C)(O)c1cccc(C#N)c1. The van der Waals surface area contributed by atoms with Crippen LogP contribution in [-0.2, 0) is 5.72 Å². The molecule has 1 atom stereocenters. The van der Waals surface area contributed by atoms with Gasteiger partial charge in [0.2, 0.25) is 0 Å². The molecule has 0 saturated heterocycles. The number of nitrogens with zero attached hydrogens (tertiary/aromatic N) is 1. The summed E-state index contributed by atoms with van der Waals surface area (Å²) in [6.07, 6.45) is 0. The minimum Gasteiger partial charge on any atom is -0.372 e. The van der Waals surface area contributed by atoms with Gasteiger partial charge in [-0.25, -0.2) is 0 Å². The van der Waals surface area contributed by atoms with E-state index in [2.05, 4.69) is 5.32 Å². The number of benzene rings is 1. The molecule has 0 fully saturated rings. The fourth-order valence-electron chi connectivity index (χ4n) is 1.04. The first-order chi connectivity index (χ1) is 6.10. The van der Waals surface area contributed by atoms with E-state index >= 15 is 0 Å². The first-order valence-electron chi connectivity index (χ1n) is 4.02. The topological polar surface area (TPSA) is 56.0 Å². The molecule has 0 aliphatic carbocycles. The van der Waals surface area contributed by atoms with E-state index in [4.69, 9.17) is 5.26 Å². The predicted molar refractivity (Wildman–Crippen MR) is 49.8 cm³/mol. The predicted octanol–water partition coefficient (Wildman–Crippen LogP) is 0.943. The van der Waals surface area contributed by atoms with Gasteiger partial charge in [0.25, 0.3) is 0 Å². The van der Waals surface area contributed by atoms with Gasteiger partial charge in [-0.05, 0) is 31.7 Å². The number of rotatable bonds is 2. The summed E-state index contributed by atoms with van der Waals surface area (Å²) in [5.41, 5.74) is 0.162. The Morgan fingerprint density at radius 3 is 2.77 bits per heavy atom. The van der Waals surface area contributed by atoms with Crippen LogP contribution in [0.4, 0.5) is 0 Å². The normalized spacial score (nSPS) is 14.6. The van der Waals surface area contributed by atoms with E-state index < -0.39 is 5.72 Å². The van der Waals surface area contributed by atoms with E-state index in [-0.39, 0.29) is 0 Å². The number of nitriles is 1. The molecular weight excluding hydrogens is 164 g/mol. The highest BCUT2D eigenvalue weighted by molar-refractivity contribution is 5.34. The second-order valence-electron chi connectivity index (χ2n) is 3.01. The van der Waals surface area contributed by atoms with E-state index in [9.17, 15) is 5.11 Å². The van der Waals surface area contributed by atoms with Crippen LogP contribution in [0.1, 0.15) is 18.1 Å². The van der Waals surface area contributed by atoms with Crippen molar-refractivity contribution in [2.24, 2.45) is 0 Å². The molecule has 68 valence electrons. The van der Waals surface area contributed by atoms with Crippen molar-refractivity contribution in [2.75, 3.05) is 7.05 Å². The number of hydrogen-bond acceptors (Lipinski definition) is 3. The smallest absolute Gasteiger partial charge is 0.139 e. The largest absolute Gasteiger partial charge is 0.372 e. The molecule has 0 heterocycles. The lowest BCUT2D eigenvalue weighted by atomic mass is 10.0. The van der Waals surface area contributed by atoms with E-state index in [0.29, 0.717) is 11.1 Å². The van der Waals surface area contributed by atoms with E-state index in [1.165, 1.54) is 0 Å². The van der Waals surface area contributed by atoms with Gasteiger partial charge in [0.15, 0.2) is 0 Å². The minimum absolute atomic E-state index is 0.549. The van der Waals surface area contributed by atoms with Gasteiger partial charge in [0.05, 0.1) is 11.6 Å². The summed E-state index contributed by atoms with van der Waals surface area (Å²) >= 11 is 0. The zero-order valence-electron chi connectivity index (χ0n) is 7.70. The Hall–Kier alpha value is -1.37. The summed E-state index contributed by atoms with van der Waals surface area (Å²) in [4.78, 5) is 0. The van der Waals surface area contributed by atoms with Crippen molar-refractivity contribution in [2.45, 2.75) is 12.6 Å². The Bertz CT molecular complexity index is 339. The molecule has 1 rings (SSSR count). The second kappa shape index (κ2) is 3.56. The summed E-state index contributed by atoms with van der Waals surface area (Å²) in [6.45, 7) is 1.64. The van der Waals surface area contributed by atoms with Gasteiger partial charge < -0.3 is 5.11 Å². The zero-order valence-corrected chi connectivity index (χ0v) is 7.70. The standard InChI is InChI=1S/C10H12N2O/c1-10(13,12-2)9-5-3-4-8(6-9)7-11/h3-6,12-13H,1-2H3. The maximum Gasteiger partial charge on any atom is 0.139 e. The van der Waals surface area contributed by atoms with E-state index in [1.54, 1.807) is 38.2 Å². The van der Waals surface area contributed by atoms with Crippen LogP contribution in [0.25, 0.3) is 0 Å². The molecule has 0 amide bonds. The summed E-state index contributed by atoms with van der Waals surface area (Å²) in [5.74, 6) is 0. The molecule has 0 spiro atoms. The van der Waals surface area contributed by atoms with Crippen LogP contribution in [-0.4, -0.2) is 12.2 Å². The van der Waals surface area contributed by atoms with Gasteiger partial charge in [0, 0.05) is 0 Å². The van der Waals surface area contributed by atoms with Gasteiger partial charge in [-0.2, -0.15) is 5.26 Å². The first-order valence-corrected chi connectivity index (χ1v) is 4.02. The first kappa shape index (κ1) is 9.72. The lowest BCUT2D eigenvalue weighted by Gasteiger charge is -2.22. The van der Waals surface area contributed by atoms with Crippen LogP contribution < -0.4 is 5.32 Å². The van der Waals surface area contributed by atoms with Crippen molar-refractivity contribution in [1.29, 1.82) is 5.26 Å². The van der Waals surface area contributed by atoms with Crippen LogP contribution >= 0.6 is 0 Å². The highest BCUT2D eigenvalue weighted by Crippen LogP contribution is 2.17. The van der Waals surface area contributed by atoms with Crippen molar-refractivity contribution in [3.63, 3.8) is 0 Å². The van der Waals surface area contributed by atoms with Gasteiger partial charge >= 0.3 is 0 Å². The monoisotopic (exact) mass is 176 g/mol. The fraction of sp³-hybridized carbons (Fsp3) is 0.300. The third-order valence-electron chi connectivity index (χ3n) is 2.04. The summed E-state index contributed by atoms with van der Waals surface area (Å²) < 4.78 is 0. The Morgan fingerprint density at radius 2 is 2.23 bits per heavy atom. The molecule has 0 saturated carbocycles. The second-order valence-corrected chi connectivity index (χ2v) is 3.01. The third kappa shape index (κ3) is 2.05. The van der Waals surface area contributed by atoms with Gasteiger partial charge in [-0.1, -0.05) is 12.1 Å². The number of nitrogens with one attached hydrogen (secondary N) is 1.